The number of aliphatic hydroxyl groups excluding tert-OH is 1. The van der Waals surface area contributed by atoms with Crippen molar-refractivity contribution >= 4 is 23.4 Å². The molecule has 0 bridgehead atoms. The molecule has 2 aromatic rings. The first-order valence-corrected chi connectivity index (χ1v) is 4.71. The summed E-state index contributed by atoms with van der Waals surface area (Å²) in [6.07, 6.45) is 0. The molecule has 0 saturated carbocycles. The van der Waals surface area contributed by atoms with Gasteiger partial charge in [0.25, 0.3) is 0 Å². The summed E-state index contributed by atoms with van der Waals surface area (Å²) in [4.78, 5) is 0. The normalized spacial score (nSPS) is 10.6. The van der Waals surface area contributed by atoms with Gasteiger partial charge in [0.1, 0.15) is 0 Å². The maximum absolute atomic E-state index is 9.18. The Morgan fingerprint density at radius 3 is 2.53 bits per heavy atom. The van der Waals surface area contributed by atoms with Crippen LogP contribution in [0.3, 0.4) is 0 Å². The third kappa shape index (κ3) is 1.87. The topological polar surface area (TPSA) is 60.7 Å². The van der Waals surface area contributed by atoms with Crippen molar-refractivity contribution in [2.24, 2.45) is 0 Å². The van der Waals surface area contributed by atoms with Gasteiger partial charge in [0.05, 0.1) is 6.61 Å². The second-order valence-electron chi connectivity index (χ2n) is 3.43. The number of benzene rings is 2. The van der Waals surface area contributed by atoms with Crippen LogP contribution in [-0.4, -0.2) is 22.3 Å². The average Bonchev–Trinajstić information content (AvgIpc) is 2.27. The van der Waals surface area contributed by atoms with Gasteiger partial charge in [-0.3, -0.25) is 0 Å². The van der Waals surface area contributed by atoms with Crippen molar-refractivity contribution in [1.29, 1.82) is 0 Å². The van der Waals surface area contributed by atoms with Gasteiger partial charge in [0.2, 0.25) is 0 Å². The molecule has 0 fully saturated rings. The van der Waals surface area contributed by atoms with Crippen LogP contribution in [0.5, 0.6) is 0 Å². The molecule has 3 nitrogen and oxygen atoms in total. The number of aliphatic hydroxyl groups is 1. The van der Waals surface area contributed by atoms with Gasteiger partial charge in [-0.1, -0.05) is 30.3 Å². The Morgan fingerprint density at radius 2 is 1.87 bits per heavy atom. The highest BCUT2D eigenvalue weighted by Gasteiger charge is 2.14. The molecule has 0 aliphatic rings. The van der Waals surface area contributed by atoms with E-state index in [0.717, 1.165) is 16.3 Å². The fraction of sp³-hybridized carbons (Fsp3) is 0.0909. The maximum Gasteiger partial charge on any atom is 0.489 e. The Kier molecular flexibility index (Phi) is 2.73. The first kappa shape index (κ1) is 10.2. The van der Waals surface area contributed by atoms with Gasteiger partial charge in [-0.15, -0.1) is 0 Å². The Bertz CT molecular complexity index is 482. The fourth-order valence-electron chi connectivity index (χ4n) is 1.67. The van der Waals surface area contributed by atoms with E-state index in [1.165, 1.54) is 0 Å². The highest BCUT2D eigenvalue weighted by Crippen LogP contribution is 2.14. The molecule has 2 rings (SSSR count). The molecular weight excluding hydrogens is 191 g/mol. The third-order valence-electron chi connectivity index (χ3n) is 2.44. The predicted octanol–water partition coefficient (Wildman–Crippen LogP) is 0.0119. The summed E-state index contributed by atoms with van der Waals surface area (Å²) >= 11 is 0. The molecule has 0 aliphatic heterocycles. The quantitative estimate of drug-likeness (QED) is 0.601. The van der Waals surface area contributed by atoms with Crippen LogP contribution >= 0.6 is 0 Å². The molecule has 15 heavy (non-hydrogen) atoms. The molecule has 3 N–H and O–H groups in total. The summed E-state index contributed by atoms with van der Waals surface area (Å²) < 4.78 is 0. The summed E-state index contributed by atoms with van der Waals surface area (Å²) in [6, 6.07) is 10.8. The Balaban J connectivity index is 2.70. The van der Waals surface area contributed by atoms with Crippen molar-refractivity contribution in [2.75, 3.05) is 0 Å². The van der Waals surface area contributed by atoms with E-state index in [2.05, 4.69) is 0 Å². The van der Waals surface area contributed by atoms with Crippen molar-refractivity contribution in [3.05, 3.63) is 42.0 Å². The zero-order valence-electron chi connectivity index (χ0n) is 8.09. The first-order chi connectivity index (χ1) is 7.22. The molecule has 0 spiro atoms. The summed E-state index contributed by atoms with van der Waals surface area (Å²) in [6.45, 7) is -0.0498. The molecule has 0 atom stereocenters. The lowest BCUT2D eigenvalue weighted by molar-refractivity contribution is 0.282. The maximum atomic E-state index is 9.18. The molecule has 2 aromatic carbocycles. The predicted molar refractivity (Wildman–Crippen MR) is 59.7 cm³/mol. The van der Waals surface area contributed by atoms with Crippen molar-refractivity contribution < 1.29 is 15.2 Å². The number of hydrogen-bond donors (Lipinski definition) is 3. The van der Waals surface area contributed by atoms with Crippen molar-refractivity contribution in [1.82, 2.24) is 0 Å². The largest absolute Gasteiger partial charge is 0.489 e. The van der Waals surface area contributed by atoms with E-state index < -0.39 is 7.12 Å². The van der Waals surface area contributed by atoms with Crippen LogP contribution in [0.4, 0.5) is 0 Å². The standard InChI is InChI=1S/C11H11BO3/c13-7-8-4-5-9-2-1-3-11(12(14)15)10(9)6-8/h1-6,13-15H,7H2. The fourth-order valence-corrected chi connectivity index (χ4v) is 1.67. The van der Waals surface area contributed by atoms with Crippen molar-refractivity contribution in [2.45, 2.75) is 6.61 Å². The minimum absolute atomic E-state index is 0.0498. The minimum Gasteiger partial charge on any atom is -0.423 e. The second-order valence-corrected chi connectivity index (χ2v) is 3.43. The van der Waals surface area contributed by atoms with Crippen LogP contribution in [0.25, 0.3) is 10.8 Å². The van der Waals surface area contributed by atoms with E-state index in [4.69, 9.17) is 5.11 Å². The van der Waals surface area contributed by atoms with Gasteiger partial charge in [0.15, 0.2) is 0 Å². The number of fused-ring (bicyclic) bond motifs is 1. The lowest BCUT2D eigenvalue weighted by atomic mass is 9.77. The SMILES string of the molecule is OCc1ccc2cccc(B(O)O)c2c1. The summed E-state index contributed by atoms with van der Waals surface area (Å²) in [7, 11) is -1.48. The van der Waals surface area contributed by atoms with Gasteiger partial charge in [-0.25, -0.2) is 0 Å². The summed E-state index contributed by atoms with van der Waals surface area (Å²) in [5.74, 6) is 0. The number of hydrogen-bond acceptors (Lipinski definition) is 3. The van der Waals surface area contributed by atoms with Gasteiger partial charge in [-0.2, -0.15) is 0 Å². The lowest BCUT2D eigenvalue weighted by Gasteiger charge is -2.06. The molecule has 0 radical (unpaired) electrons. The first-order valence-electron chi connectivity index (χ1n) is 4.71. The second kappa shape index (κ2) is 4.02. The zero-order valence-corrected chi connectivity index (χ0v) is 8.09. The van der Waals surface area contributed by atoms with Gasteiger partial charge < -0.3 is 15.2 Å². The minimum atomic E-state index is -1.48. The third-order valence-corrected chi connectivity index (χ3v) is 2.44. The molecule has 0 aromatic heterocycles. The Labute approximate surface area is 87.8 Å². The van der Waals surface area contributed by atoms with Crippen LogP contribution in [-0.2, 0) is 6.61 Å². The monoisotopic (exact) mass is 202 g/mol. The van der Waals surface area contributed by atoms with Gasteiger partial charge in [0, 0.05) is 0 Å². The lowest BCUT2D eigenvalue weighted by Crippen LogP contribution is -2.30. The van der Waals surface area contributed by atoms with Crippen molar-refractivity contribution in [3.8, 4) is 0 Å². The highest BCUT2D eigenvalue weighted by atomic mass is 16.4. The van der Waals surface area contributed by atoms with Crippen LogP contribution in [0.2, 0.25) is 0 Å². The molecule has 0 amide bonds. The molecule has 0 aliphatic carbocycles. The average molecular weight is 202 g/mol. The van der Waals surface area contributed by atoms with Gasteiger partial charge in [-0.05, 0) is 27.9 Å². The zero-order chi connectivity index (χ0) is 10.8. The van der Waals surface area contributed by atoms with Crippen LogP contribution < -0.4 is 5.46 Å². The van der Waals surface area contributed by atoms with Crippen LogP contribution in [0, 0.1) is 0 Å². The van der Waals surface area contributed by atoms with E-state index in [-0.39, 0.29) is 6.61 Å². The molecule has 0 unspecified atom stereocenters. The van der Waals surface area contributed by atoms with Crippen molar-refractivity contribution in [3.63, 3.8) is 0 Å². The van der Waals surface area contributed by atoms with Crippen LogP contribution in [0.15, 0.2) is 36.4 Å². The Hall–Kier alpha value is -1.36. The molecule has 0 saturated heterocycles. The van der Waals surface area contributed by atoms with Crippen LogP contribution in [0.1, 0.15) is 5.56 Å². The number of rotatable bonds is 2. The Morgan fingerprint density at radius 1 is 1.07 bits per heavy atom. The summed E-state index contributed by atoms with van der Waals surface area (Å²) in [5, 5.41) is 29.0. The van der Waals surface area contributed by atoms with E-state index in [1.54, 1.807) is 18.2 Å². The molecular formula is C11H11BO3. The molecule has 76 valence electrons. The van der Waals surface area contributed by atoms with E-state index >= 15 is 0 Å². The highest BCUT2D eigenvalue weighted by molar-refractivity contribution is 6.61. The molecule has 4 heteroatoms. The van der Waals surface area contributed by atoms with E-state index in [1.807, 2.05) is 18.2 Å². The molecule has 0 heterocycles. The summed E-state index contributed by atoms with van der Waals surface area (Å²) in [5.41, 5.74) is 1.22. The van der Waals surface area contributed by atoms with E-state index in [9.17, 15) is 10.0 Å². The van der Waals surface area contributed by atoms with Gasteiger partial charge >= 0.3 is 7.12 Å². The smallest absolute Gasteiger partial charge is 0.423 e. The van der Waals surface area contributed by atoms with E-state index in [0.29, 0.717) is 5.46 Å².